The number of carboxylic acids is 1. The maximum absolute atomic E-state index is 13.1. The van der Waals surface area contributed by atoms with Gasteiger partial charge in [0.25, 0.3) is 0 Å². The molecule has 28 heavy (non-hydrogen) atoms. The first-order valence-electron chi connectivity index (χ1n) is 11.0. The maximum atomic E-state index is 13.1. The predicted octanol–water partition coefficient (Wildman–Crippen LogP) is 2.85. The highest BCUT2D eigenvalue weighted by molar-refractivity contribution is 5.85. The Labute approximate surface area is 176 Å². The minimum Gasteiger partial charge on any atom is -0.480 e. The van der Waals surface area contributed by atoms with Gasteiger partial charge in [0.05, 0.1) is 13.1 Å². The smallest absolute Gasteiger partial charge is 0.317 e. The number of aliphatic carboxylic acids is 1. The molecule has 7 heteroatoms. The molecule has 3 aliphatic rings. The molecule has 2 saturated carbocycles. The maximum Gasteiger partial charge on any atom is 0.317 e. The number of carbonyl (C=O) groups is 2. The van der Waals surface area contributed by atoms with E-state index in [9.17, 15) is 9.59 Å². The van der Waals surface area contributed by atoms with Gasteiger partial charge in [0.15, 0.2) is 0 Å². The molecule has 0 unspecified atom stereocenters. The van der Waals surface area contributed by atoms with Crippen molar-refractivity contribution in [2.75, 3.05) is 32.7 Å². The van der Waals surface area contributed by atoms with Crippen LogP contribution in [0, 0.1) is 5.92 Å². The number of halogens is 1. The number of nitrogens with zero attached hydrogens (tertiary/aromatic N) is 3. The number of carbonyl (C=O) groups excluding carboxylic acids is 1. The normalized spacial score (nSPS) is 26.7. The first kappa shape index (κ1) is 23.4. The number of likely N-dealkylation sites (N-methyl/N-ethyl adjacent to an activating group) is 1. The van der Waals surface area contributed by atoms with Crippen molar-refractivity contribution >= 4 is 24.3 Å². The summed E-state index contributed by atoms with van der Waals surface area (Å²) in [5.74, 6) is 0.383. The van der Waals surface area contributed by atoms with Gasteiger partial charge in [0, 0.05) is 31.2 Å². The molecule has 1 saturated heterocycles. The zero-order valence-corrected chi connectivity index (χ0v) is 18.3. The van der Waals surface area contributed by atoms with Gasteiger partial charge in [-0.25, -0.2) is 0 Å². The lowest BCUT2D eigenvalue weighted by Gasteiger charge is -2.40. The number of amides is 1. The Bertz CT molecular complexity index is 513. The summed E-state index contributed by atoms with van der Waals surface area (Å²) < 4.78 is 0. The van der Waals surface area contributed by atoms with Crippen LogP contribution in [0.25, 0.3) is 0 Å². The Balaban J connectivity index is 0.00000280. The van der Waals surface area contributed by atoms with Gasteiger partial charge in [0.1, 0.15) is 0 Å². The van der Waals surface area contributed by atoms with E-state index in [2.05, 4.69) is 21.6 Å². The fourth-order valence-corrected chi connectivity index (χ4v) is 4.97. The second kappa shape index (κ2) is 10.8. The van der Waals surface area contributed by atoms with Crippen LogP contribution in [0.3, 0.4) is 0 Å². The summed E-state index contributed by atoms with van der Waals surface area (Å²) in [7, 11) is 0. The van der Waals surface area contributed by atoms with Crippen LogP contribution in [-0.2, 0) is 9.59 Å². The van der Waals surface area contributed by atoms with Crippen molar-refractivity contribution in [2.24, 2.45) is 5.92 Å². The van der Waals surface area contributed by atoms with E-state index in [0.717, 1.165) is 38.4 Å². The lowest BCUT2D eigenvalue weighted by atomic mass is 9.86. The first-order valence-corrected chi connectivity index (χ1v) is 11.0. The molecule has 3 fully saturated rings. The summed E-state index contributed by atoms with van der Waals surface area (Å²) in [5, 5.41) is 9.07. The van der Waals surface area contributed by atoms with Crippen molar-refractivity contribution in [3.05, 3.63) is 0 Å². The van der Waals surface area contributed by atoms with E-state index in [1.54, 1.807) is 0 Å². The van der Waals surface area contributed by atoms with Gasteiger partial charge in [-0.1, -0.05) is 13.8 Å². The van der Waals surface area contributed by atoms with Gasteiger partial charge >= 0.3 is 5.97 Å². The highest BCUT2D eigenvalue weighted by Gasteiger charge is 2.39. The SMILES string of the molecule is CCN(CC(=O)O)C1CCN(CC(=O)N(C2CCC(C)CC2)C2CC2)CC1.Cl. The van der Waals surface area contributed by atoms with Crippen LogP contribution in [0.5, 0.6) is 0 Å². The van der Waals surface area contributed by atoms with Crippen LogP contribution in [0.15, 0.2) is 0 Å². The van der Waals surface area contributed by atoms with E-state index in [0.29, 0.717) is 30.6 Å². The van der Waals surface area contributed by atoms with E-state index in [1.165, 1.54) is 38.5 Å². The number of likely N-dealkylation sites (tertiary alicyclic amines) is 1. The lowest BCUT2D eigenvalue weighted by Crippen LogP contribution is -2.51. The molecule has 1 amide bonds. The van der Waals surface area contributed by atoms with Crippen molar-refractivity contribution in [3.63, 3.8) is 0 Å². The summed E-state index contributed by atoms with van der Waals surface area (Å²) >= 11 is 0. The van der Waals surface area contributed by atoms with Gasteiger partial charge in [0.2, 0.25) is 5.91 Å². The molecule has 162 valence electrons. The Kier molecular flexibility index (Phi) is 9.03. The van der Waals surface area contributed by atoms with Crippen molar-refractivity contribution in [2.45, 2.75) is 83.3 Å². The second-order valence-electron chi connectivity index (χ2n) is 8.91. The van der Waals surface area contributed by atoms with E-state index in [1.807, 2.05) is 6.92 Å². The number of hydrogen-bond donors (Lipinski definition) is 1. The van der Waals surface area contributed by atoms with Crippen LogP contribution >= 0.6 is 12.4 Å². The van der Waals surface area contributed by atoms with Crippen LogP contribution < -0.4 is 0 Å². The third kappa shape index (κ3) is 6.33. The highest BCUT2D eigenvalue weighted by atomic mass is 35.5. The van der Waals surface area contributed by atoms with Gasteiger partial charge in [-0.05, 0) is 63.8 Å². The number of rotatable bonds is 8. The van der Waals surface area contributed by atoms with E-state index >= 15 is 0 Å². The summed E-state index contributed by atoms with van der Waals surface area (Å²) in [5.41, 5.74) is 0. The van der Waals surface area contributed by atoms with Crippen molar-refractivity contribution in [1.82, 2.24) is 14.7 Å². The van der Waals surface area contributed by atoms with Crippen LogP contribution in [0.4, 0.5) is 0 Å². The molecule has 1 heterocycles. The third-order valence-electron chi connectivity index (χ3n) is 6.78. The molecular weight excluding hydrogens is 378 g/mol. The van der Waals surface area contributed by atoms with Crippen LogP contribution in [0.2, 0.25) is 0 Å². The van der Waals surface area contributed by atoms with Crippen LogP contribution in [0.1, 0.15) is 65.2 Å². The molecule has 0 radical (unpaired) electrons. The molecule has 0 atom stereocenters. The monoisotopic (exact) mass is 415 g/mol. The highest BCUT2D eigenvalue weighted by Crippen LogP contribution is 2.35. The van der Waals surface area contributed by atoms with E-state index in [4.69, 9.17) is 5.11 Å². The molecular formula is C21H38ClN3O3. The topological polar surface area (TPSA) is 64.1 Å². The minimum absolute atomic E-state index is 0. The predicted molar refractivity (Wildman–Crippen MR) is 113 cm³/mol. The minimum atomic E-state index is -0.753. The van der Waals surface area contributed by atoms with Crippen molar-refractivity contribution in [3.8, 4) is 0 Å². The Morgan fingerprint density at radius 3 is 1.93 bits per heavy atom. The lowest BCUT2D eigenvalue weighted by molar-refractivity contribution is -0.139. The number of carboxylic acid groups (broad SMARTS) is 1. The van der Waals surface area contributed by atoms with E-state index < -0.39 is 5.97 Å². The third-order valence-corrected chi connectivity index (χ3v) is 6.78. The first-order chi connectivity index (χ1) is 13.0. The quantitative estimate of drug-likeness (QED) is 0.660. The van der Waals surface area contributed by atoms with Crippen molar-refractivity contribution < 1.29 is 14.7 Å². The molecule has 6 nitrogen and oxygen atoms in total. The Morgan fingerprint density at radius 1 is 0.929 bits per heavy atom. The fourth-order valence-electron chi connectivity index (χ4n) is 4.97. The average Bonchev–Trinajstić information content (AvgIpc) is 3.47. The van der Waals surface area contributed by atoms with Gasteiger partial charge in [-0.2, -0.15) is 0 Å². The molecule has 0 bridgehead atoms. The summed E-state index contributed by atoms with van der Waals surface area (Å²) in [6.07, 6.45) is 9.13. The molecule has 2 aliphatic carbocycles. The molecule has 0 aromatic heterocycles. The van der Waals surface area contributed by atoms with E-state index in [-0.39, 0.29) is 19.0 Å². The molecule has 0 spiro atoms. The average molecular weight is 416 g/mol. The molecule has 0 aromatic carbocycles. The zero-order valence-electron chi connectivity index (χ0n) is 17.5. The Hall–Kier alpha value is -0.850. The Morgan fingerprint density at radius 2 is 1.46 bits per heavy atom. The summed E-state index contributed by atoms with van der Waals surface area (Å²) in [6.45, 7) is 7.58. The van der Waals surface area contributed by atoms with Gasteiger partial charge in [-0.15, -0.1) is 12.4 Å². The van der Waals surface area contributed by atoms with Gasteiger partial charge in [-0.3, -0.25) is 19.4 Å². The van der Waals surface area contributed by atoms with Gasteiger partial charge < -0.3 is 10.0 Å². The zero-order chi connectivity index (χ0) is 19.4. The largest absolute Gasteiger partial charge is 0.480 e. The second-order valence-corrected chi connectivity index (χ2v) is 8.91. The summed E-state index contributed by atoms with van der Waals surface area (Å²) in [6, 6.07) is 1.29. The number of piperidine rings is 1. The van der Waals surface area contributed by atoms with Crippen LogP contribution in [-0.4, -0.2) is 82.5 Å². The van der Waals surface area contributed by atoms with Crippen molar-refractivity contribution in [1.29, 1.82) is 0 Å². The summed E-state index contributed by atoms with van der Waals surface area (Å²) in [4.78, 5) is 30.7. The molecule has 1 N–H and O–H groups in total. The molecule has 0 aromatic rings. The number of hydrogen-bond acceptors (Lipinski definition) is 4. The standard InChI is InChI=1S/C21H37N3O3.ClH/c1-3-23(15-21(26)27)17-10-12-22(13-11-17)14-20(25)24(19-8-9-19)18-6-4-16(2)5-7-18;/h16-19H,3-15H2,1-2H3,(H,26,27);1H. The molecule has 1 aliphatic heterocycles. The fraction of sp³-hybridized carbons (Fsp3) is 0.905. The molecule has 3 rings (SSSR count).